The van der Waals surface area contributed by atoms with Gasteiger partial charge in [0.15, 0.2) is 0 Å². The second-order valence-electron chi connectivity index (χ2n) is 5.99. The van der Waals surface area contributed by atoms with Crippen molar-refractivity contribution >= 4 is 11.9 Å². The van der Waals surface area contributed by atoms with Crippen molar-refractivity contribution in [3.63, 3.8) is 0 Å². The Morgan fingerprint density at radius 1 is 1.30 bits per heavy atom. The van der Waals surface area contributed by atoms with E-state index < -0.39 is 6.09 Å². The average molecular weight is 275 g/mol. The molecule has 20 heavy (non-hydrogen) atoms. The smallest absolute Gasteiger partial charge is 0.404 e. The molecule has 1 aromatic rings. The third-order valence-corrected chi connectivity index (χ3v) is 4.33. The number of Topliss-reactive ketones (excluding diaryl/α,β-unsaturated/α-hetero) is 1. The van der Waals surface area contributed by atoms with Gasteiger partial charge in [0, 0.05) is 17.8 Å². The number of benzene rings is 1. The SMILES string of the molecule is CC1(C)C(OC(N)=O)CC1C(=O)CCc1ccccc1. The Bertz CT molecular complexity index is 496. The number of hydrogen-bond acceptors (Lipinski definition) is 3. The van der Waals surface area contributed by atoms with E-state index in [1.165, 1.54) is 5.56 Å². The highest BCUT2D eigenvalue weighted by Gasteiger charge is 2.53. The number of aryl methyl sites for hydroxylation is 1. The maximum absolute atomic E-state index is 12.3. The molecule has 0 heterocycles. The number of primary amides is 1. The highest BCUT2D eigenvalue weighted by Crippen LogP contribution is 2.49. The zero-order valence-corrected chi connectivity index (χ0v) is 12.0. The average Bonchev–Trinajstić information content (AvgIpc) is 2.41. The van der Waals surface area contributed by atoms with Gasteiger partial charge in [-0.3, -0.25) is 4.79 Å². The summed E-state index contributed by atoms with van der Waals surface area (Å²) < 4.78 is 5.03. The van der Waals surface area contributed by atoms with Gasteiger partial charge >= 0.3 is 6.09 Å². The van der Waals surface area contributed by atoms with Crippen LogP contribution >= 0.6 is 0 Å². The number of nitrogens with two attached hydrogens (primary N) is 1. The lowest BCUT2D eigenvalue weighted by Gasteiger charge is -2.49. The molecule has 4 nitrogen and oxygen atoms in total. The lowest BCUT2D eigenvalue weighted by molar-refractivity contribution is -0.149. The number of amides is 1. The second-order valence-corrected chi connectivity index (χ2v) is 5.99. The standard InChI is InChI=1S/C16H21NO3/c1-16(2)12(10-14(16)20-15(17)19)13(18)9-8-11-6-4-3-5-7-11/h3-7,12,14H,8-10H2,1-2H3,(H2,17,19). The van der Waals surface area contributed by atoms with Gasteiger partial charge in [0.1, 0.15) is 11.9 Å². The van der Waals surface area contributed by atoms with Crippen LogP contribution in [0, 0.1) is 11.3 Å². The van der Waals surface area contributed by atoms with E-state index in [2.05, 4.69) is 0 Å². The summed E-state index contributed by atoms with van der Waals surface area (Å²) in [5.74, 6) is 0.193. The number of rotatable bonds is 5. The van der Waals surface area contributed by atoms with E-state index in [9.17, 15) is 9.59 Å². The molecule has 1 saturated carbocycles. The first-order valence-corrected chi connectivity index (χ1v) is 6.94. The van der Waals surface area contributed by atoms with E-state index >= 15 is 0 Å². The molecule has 0 saturated heterocycles. The highest BCUT2D eigenvalue weighted by atomic mass is 16.6. The van der Waals surface area contributed by atoms with Gasteiger partial charge < -0.3 is 10.5 Å². The van der Waals surface area contributed by atoms with Crippen LogP contribution < -0.4 is 5.73 Å². The highest BCUT2D eigenvalue weighted by molar-refractivity contribution is 5.83. The molecule has 4 heteroatoms. The molecule has 1 amide bonds. The van der Waals surface area contributed by atoms with Gasteiger partial charge in [-0.2, -0.15) is 0 Å². The van der Waals surface area contributed by atoms with Crippen LogP contribution in [0.3, 0.4) is 0 Å². The Balaban J connectivity index is 1.87. The van der Waals surface area contributed by atoms with E-state index in [1.54, 1.807) is 0 Å². The third kappa shape index (κ3) is 3.00. The normalized spacial score (nSPS) is 23.7. The lowest BCUT2D eigenvalue weighted by Crippen LogP contribution is -2.55. The van der Waals surface area contributed by atoms with Crippen LogP contribution in [0.25, 0.3) is 0 Å². The first kappa shape index (κ1) is 14.6. The summed E-state index contributed by atoms with van der Waals surface area (Å²) >= 11 is 0. The molecule has 0 bridgehead atoms. The molecule has 2 rings (SSSR count). The Hall–Kier alpha value is -1.84. The zero-order valence-electron chi connectivity index (χ0n) is 12.0. The largest absolute Gasteiger partial charge is 0.446 e. The maximum atomic E-state index is 12.3. The van der Waals surface area contributed by atoms with Crippen molar-refractivity contribution < 1.29 is 14.3 Å². The van der Waals surface area contributed by atoms with Gasteiger partial charge in [-0.05, 0) is 18.4 Å². The second kappa shape index (κ2) is 5.65. The van der Waals surface area contributed by atoms with Crippen molar-refractivity contribution in [2.75, 3.05) is 0 Å². The molecular weight excluding hydrogens is 254 g/mol. The number of carbonyl (C=O) groups excluding carboxylic acids is 2. The molecule has 0 aromatic heterocycles. The first-order valence-electron chi connectivity index (χ1n) is 6.94. The van der Waals surface area contributed by atoms with Gasteiger partial charge in [-0.1, -0.05) is 44.2 Å². The molecule has 1 aliphatic carbocycles. The van der Waals surface area contributed by atoms with Crippen LogP contribution in [0.1, 0.15) is 32.3 Å². The van der Waals surface area contributed by atoms with Crippen LogP contribution in [0.15, 0.2) is 30.3 Å². The minimum atomic E-state index is -0.766. The summed E-state index contributed by atoms with van der Waals surface area (Å²) in [6.45, 7) is 3.91. The molecule has 0 aliphatic heterocycles. The number of ketones is 1. The Morgan fingerprint density at radius 2 is 1.95 bits per heavy atom. The van der Waals surface area contributed by atoms with E-state index in [0.717, 1.165) is 6.42 Å². The fraction of sp³-hybridized carbons (Fsp3) is 0.500. The lowest BCUT2D eigenvalue weighted by atomic mass is 9.58. The summed E-state index contributed by atoms with van der Waals surface area (Å²) in [5, 5.41) is 0. The fourth-order valence-corrected chi connectivity index (χ4v) is 2.86. The van der Waals surface area contributed by atoms with Gasteiger partial charge in [0.25, 0.3) is 0 Å². The Morgan fingerprint density at radius 3 is 2.50 bits per heavy atom. The summed E-state index contributed by atoms with van der Waals surface area (Å²) in [6.07, 6.45) is 0.863. The maximum Gasteiger partial charge on any atom is 0.404 e. The molecule has 1 fully saturated rings. The molecule has 2 N–H and O–H groups in total. The molecule has 2 atom stereocenters. The van der Waals surface area contributed by atoms with Crippen molar-refractivity contribution in [2.45, 2.75) is 39.2 Å². The van der Waals surface area contributed by atoms with Crippen molar-refractivity contribution in [1.82, 2.24) is 0 Å². The summed E-state index contributed by atoms with van der Waals surface area (Å²) in [5.41, 5.74) is 5.89. The van der Waals surface area contributed by atoms with Gasteiger partial charge in [-0.15, -0.1) is 0 Å². The van der Waals surface area contributed by atoms with Crippen LogP contribution in [0.2, 0.25) is 0 Å². The van der Waals surface area contributed by atoms with Gasteiger partial charge in [0.05, 0.1) is 0 Å². The first-order chi connectivity index (χ1) is 9.41. The van der Waals surface area contributed by atoms with E-state index in [-0.39, 0.29) is 23.2 Å². The minimum Gasteiger partial charge on any atom is -0.446 e. The molecule has 2 unspecified atom stereocenters. The van der Waals surface area contributed by atoms with Gasteiger partial charge in [0.2, 0.25) is 0 Å². The van der Waals surface area contributed by atoms with Gasteiger partial charge in [-0.25, -0.2) is 4.79 Å². The van der Waals surface area contributed by atoms with Crippen LogP contribution in [0.4, 0.5) is 4.79 Å². The molecule has 1 aromatic carbocycles. The summed E-state index contributed by atoms with van der Waals surface area (Å²) in [7, 11) is 0. The molecule has 1 aliphatic rings. The summed E-state index contributed by atoms with van der Waals surface area (Å²) in [4.78, 5) is 23.1. The van der Waals surface area contributed by atoms with Crippen LogP contribution in [-0.4, -0.2) is 18.0 Å². The third-order valence-electron chi connectivity index (χ3n) is 4.33. The minimum absolute atomic E-state index is 0.0458. The monoisotopic (exact) mass is 275 g/mol. The predicted octanol–water partition coefficient (Wildman–Crippen LogP) is 2.70. The zero-order chi connectivity index (χ0) is 14.8. The van der Waals surface area contributed by atoms with E-state index in [1.807, 2.05) is 44.2 Å². The summed E-state index contributed by atoms with van der Waals surface area (Å²) in [6, 6.07) is 9.97. The van der Waals surface area contributed by atoms with Crippen LogP contribution in [0.5, 0.6) is 0 Å². The molecule has 108 valence electrons. The molecule has 0 radical (unpaired) electrons. The Kier molecular flexibility index (Phi) is 4.12. The van der Waals surface area contributed by atoms with E-state index in [0.29, 0.717) is 12.8 Å². The number of carbonyl (C=O) groups is 2. The van der Waals surface area contributed by atoms with E-state index in [4.69, 9.17) is 10.5 Å². The van der Waals surface area contributed by atoms with Crippen molar-refractivity contribution in [3.05, 3.63) is 35.9 Å². The quantitative estimate of drug-likeness (QED) is 0.898. The fourth-order valence-electron chi connectivity index (χ4n) is 2.86. The van der Waals surface area contributed by atoms with Crippen molar-refractivity contribution in [3.8, 4) is 0 Å². The van der Waals surface area contributed by atoms with Crippen LogP contribution in [-0.2, 0) is 16.0 Å². The van der Waals surface area contributed by atoms with Crippen molar-refractivity contribution in [2.24, 2.45) is 17.1 Å². The molecular formula is C16H21NO3. The predicted molar refractivity (Wildman–Crippen MR) is 76.1 cm³/mol. The number of hydrogen-bond donors (Lipinski definition) is 1. The molecule has 0 spiro atoms. The number of ether oxygens (including phenoxy) is 1. The Labute approximate surface area is 119 Å². The topological polar surface area (TPSA) is 69.4 Å². The van der Waals surface area contributed by atoms with Crippen molar-refractivity contribution in [1.29, 1.82) is 0 Å².